The lowest BCUT2D eigenvalue weighted by Gasteiger charge is -2.09. The number of amides is 1. The van der Waals surface area contributed by atoms with Crippen LogP contribution in [0.3, 0.4) is 0 Å². The minimum atomic E-state index is -0.138. The SMILES string of the molecule is CN1C(=O)COc2cccc3onc1c23. The number of anilines is 1. The van der Waals surface area contributed by atoms with Gasteiger partial charge in [0.25, 0.3) is 5.91 Å². The molecule has 76 valence electrons. The van der Waals surface area contributed by atoms with Gasteiger partial charge < -0.3 is 9.26 Å². The fourth-order valence-electron chi connectivity index (χ4n) is 1.65. The Labute approximate surface area is 85.2 Å². The molecule has 5 nitrogen and oxygen atoms in total. The topological polar surface area (TPSA) is 55.6 Å². The normalized spacial score (nSPS) is 15.3. The zero-order chi connectivity index (χ0) is 10.4. The maximum Gasteiger partial charge on any atom is 0.265 e. The second-order valence-corrected chi connectivity index (χ2v) is 3.38. The molecule has 1 aromatic carbocycles. The van der Waals surface area contributed by atoms with E-state index in [2.05, 4.69) is 5.16 Å². The molecular formula is C10H8N2O3. The summed E-state index contributed by atoms with van der Waals surface area (Å²) >= 11 is 0. The molecule has 0 saturated carbocycles. The van der Waals surface area contributed by atoms with Crippen molar-refractivity contribution in [2.24, 2.45) is 0 Å². The largest absolute Gasteiger partial charge is 0.483 e. The molecule has 0 saturated heterocycles. The Morgan fingerprint density at radius 2 is 2.33 bits per heavy atom. The van der Waals surface area contributed by atoms with Crippen LogP contribution in [0.15, 0.2) is 22.7 Å². The molecule has 0 N–H and O–H groups in total. The second kappa shape index (κ2) is 2.73. The van der Waals surface area contributed by atoms with Crippen molar-refractivity contribution in [3.05, 3.63) is 18.2 Å². The molecule has 1 aromatic heterocycles. The van der Waals surface area contributed by atoms with Crippen molar-refractivity contribution in [2.75, 3.05) is 18.6 Å². The summed E-state index contributed by atoms with van der Waals surface area (Å²) < 4.78 is 10.5. The molecule has 1 amide bonds. The molecule has 0 atom stereocenters. The fourth-order valence-corrected chi connectivity index (χ4v) is 1.65. The van der Waals surface area contributed by atoms with E-state index in [4.69, 9.17) is 9.26 Å². The highest BCUT2D eigenvalue weighted by molar-refractivity contribution is 6.04. The average molecular weight is 204 g/mol. The van der Waals surface area contributed by atoms with E-state index in [0.29, 0.717) is 17.2 Å². The Balaban J connectivity index is 2.37. The van der Waals surface area contributed by atoms with Crippen LogP contribution >= 0.6 is 0 Å². The fraction of sp³-hybridized carbons (Fsp3) is 0.200. The standard InChI is InChI=1S/C10H8N2O3/c1-12-8(13)5-14-6-3-2-4-7-9(6)10(12)11-15-7/h2-4H,5H2,1H3. The summed E-state index contributed by atoms with van der Waals surface area (Å²) in [4.78, 5) is 13.0. The van der Waals surface area contributed by atoms with Gasteiger partial charge >= 0.3 is 0 Å². The van der Waals surface area contributed by atoms with Gasteiger partial charge in [-0.05, 0) is 12.1 Å². The first-order valence-electron chi connectivity index (χ1n) is 4.55. The molecule has 1 aliphatic heterocycles. The number of nitrogens with zero attached hydrogens (tertiary/aromatic N) is 2. The average Bonchev–Trinajstić information content (AvgIpc) is 2.63. The van der Waals surface area contributed by atoms with Gasteiger partial charge in [-0.2, -0.15) is 0 Å². The summed E-state index contributed by atoms with van der Waals surface area (Å²) in [6.07, 6.45) is 0. The van der Waals surface area contributed by atoms with Crippen LogP contribution in [0.5, 0.6) is 5.75 Å². The van der Waals surface area contributed by atoms with Crippen molar-refractivity contribution in [3.63, 3.8) is 0 Å². The summed E-state index contributed by atoms with van der Waals surface area (Å²) in [6, 6.07) is 5.40. The van der Waals surface area contributed by atoms with Gasteiger partial charge in [-0.1, -0.05) is 11.2 Å². The zero-order valence-corrected chi connectivity index (χ0v) is 8.06. The first kappa shape index (κ1) is 8.28. The van der Waals surface area contributed by atoms with Gasteiger partial charge in [-0.25, -0.2) is 0 Å². The van der Waals surface area contributed by atoms with Gasteiger partial charge in [0.15, 0.2) is 18.0 Å². The van der Waals surface area contributed by atoms with Crippen LogP contribution in [0.4, 0.5) is 5.82 Å². The third-order valence-electron chi connectivity index (χ3n) is 2.49. The number of carbonyl (C=O) groups is 1. The van der Waals surface area contributed by atoms with Crippen molar-refractivity contribution in [3.8, 4) is 5.75 Å². The number of ether oxygens (including phenoxy) is 1. The molecule has 0 bridgehead atoms. The molecule has 1 aliphatic rings. The van der Waals surface area contributed by atoms with Gasteiger partial charge in [0.1, 0.15) is 11.1 Å². The lowest BCUT2D eigenvalue weighted by molar-refractivity contribution is -0.120. The van der Waals surface area contributed by atoms with Gasteiger partial charge in [0.2, 0.25) is 0 Å². The Morgan fingerprint density at radius 3 is 3.20 bits per heavy atom. The summed E-state index contributed by atoms with van der Waals surface area (Å²) in [7, 11) is 1.66. The van der Waals surface area contributed by atoms with Gasteiger partial charge in [0, 0.05) is 7.05 Å². The van der Waals surface area contributed by atoms with Crippen LogP contribution in [0.25, 0.3) is 11.0 Å². The smallest absolute Gasteiger partial charge is 0.265 e. The molecule has 3 rings (SSSR count). The first-order valence-corrected chi connectivity index (χ1v) is 4.55. The van der Waals surface area contributed by atoms with Gasteiger partial charge in [0.05, 0.1) is 0 Å². The molecule has 2 heterocycles. The number of hydrogen-bond acceptors (Lipinski definition) is 4. The lowest BCUT2D eigenvalue weighted by Crippen LogP contribution is -2.29. The maximum absolute atomic E-state index is 11.5. The third kappa shape index (κ3) is 1.03. The summed E-state index contributed by atoms with van der Waals surface area (Å²) in [5.74, 6) is 1.02. The molecule has 0 fully saturated rings. The van der Waals surface area contributed by atoms with E-state index >= 15 is 0 Å². The van der Waals surface area contributed by atoms with Crippen LogP contribution in [-0.4, -0.2) is 24.7 Å². The highest BCUT2D eigenvalue weighted by Gasteiger charge is 2.25. The molecule has 0 aliphatic carbocycles. The van der Waals surface area contributed by atoms with Crippen LogP contribution in [0, 0.1) is 0 Å². The van der Waals surface area contributed by atoms with Crippen molar-refractivity contribution >= 4 is 22.7 Å². The van der Waals surface area contributed by atoms with Crippen LogP contribution in [0.2, 0.25) is 0 Å². The first-order chi connectivity index (χ1) is 7.27. The maximum atomic E-state index is 11.5. The quantitative estimate of drug-likeness (QED) is 0.646. The molecule has 0 unspecified atom stereocenters. The Bertz CT molecular complexity index is 547. The summed E-state index contributed by atoms with van der Waals surface area (Å²) in [6.45, 7) is 0.0337. The lowest BCUT2D eigenvalue weighted by atomic mass is 10.2. The third-order valence-corrected chi connectivity index (χ3v) is 2.49. The number of likely N-dealkylation sites (N-methyl/N-ethyl adjacent to an activating group) is 1. The zero-order valence-electron chi connectivity index (χ0n) is 8.06. The van der Waals surface area contributed by atoms with E-state index in [0.717, 1.165) is 5.39 Å². The van der Waals surface area contributed by atoms with Gasteiger partial charge in [-0.3, -0.25) is 9.69 Å². The van der Waals surface area contributed by atoms with Crippen LogP contribution in [0.1, 0.15) is 0 Å². The highest BCUT2D eigenvalue weighted by Crippen LogP contribution is 2.35. The van der Waals surface area contributed by atoms with E-state index < -0.39 is 0 Å². The summed E-state index contributed by atoms with van der Waals surface area (Å²) in [5.41, 5.74) is 0.629. The van der Waals surface area contributed by atoms with Gasteiger partial charge in [-0.15, -0.1) is 0 Å². The van der Waals surface area contributed by atoms with Crippen molar-refractivity contribution in [1.82, 2.24) is 5.16 Å². The monoisotopic (exact) mass is 204 g/mol. The van der Waals surface area contributed by atoms with E-state index in [9.17, 15) is 4.79 Å². The number of rotatable bonds is 0. The van der Waals surface area contributed by atoms with E-state index in [1.54, 1.807) is 19.2 Å². The minimum absolute atomic E-state index is 0.0337. The Hall–Kier alpha value is -2.04. The Kier molecular flexibility index (Phi) is 1.50. The molecular weight excluding hydrogens is 196 g/mol. The summed E-state index contributed by atoms with van der Waals surface area (Å²) in [5, 5.41) is 4.62. The van der Waals surface area contributed by atoms with E-state index in [-0.39, 0.29) is 12.5 Å². The van der Waals surface area contributed by atoms with E-state index in [1.807, 2.05) is 6.07 Å². The van der Waals surface area contributed by atoms with Crippen molar-refractivity contribution in [1.29, 1.82) is 0 Å². The molecule has 0 radical (unpaired) electrons. The van der Waals surface area contributed by atoms with Crippen LogP contribution in [-0.2, 0) is 4.79 Å². The number of carbonyl (C=O) groups excluding carboxylic acids is 1. The van der Waals surface area contributed by atoms with Crippen LogP contribution < -0.4 is 9.64 Å². The molecule has 5 heteroatoms. The number of hydrogen-bond donors (Lipinski definition) is 0. The highest BCUT2D eigenvalue weighted by atomic mass is 16.5. The number of benzene rings is 1. The van der Waals surface area contributed by atoms with Crippen molar-refractivity contribution in [2.45, 2.75) is 0 Å². The molecule has 0 spiro atoms. The Morgan fingerprint density at radius 1 is 1.47 bits per heavy atom. The van der Waals surface area contributed by atoms with Crippen molar-refractivity contribution < 1.29 is 14.1 Å². The minimum Gasteiger partial charge on any atom is -0.483 e. The molecule has 2 aromatic rings. The predicted octanol–water partition coefficient (Wildman–Crippen LogP) is 1.18. The second-order valence-electron chi connectivity index (χ2n) is 3.38. The predicted molar refractivity (Wildman–Crippen MR) is 52.9 cm³/mol. The number of aromatic nitrogens is 1. The molecule has 15 heavy (non-hydrogen) atoms. The van der Waals surface area contributed by atoms with E-state index in [1.165, 1.54) is 4.90 Å².